The standard InChI is InChI=1S/C40H52N2O2.C6H14O.5C2H6/c1-27-15-18-35(19-16-27)40(5,34-12-8-13-34)44-39-28(2)9-6-14-36(39)31-21-23-42(24-22-31)26-30(4)41-37-20-17-33(25-29(37)3)38(43)32-10-7-11-32;1-3-4-5-6-7-2;5*1-2/h6,9,14-20,25,30-32,34,41H,7-8,10-13,21-24,26H2,1-5H3;3-6H2,1-2H3;5*1-2H3. The first-order valence-corrected chi connectivity index (χ1v) is 25.1. The number of carbonyl (C=O) groups excluding carboxylic acids is 1. The first kappa shape index (κ1) is 57.9. The molecule has 5 nitrogen and oxygen atoms in total. The maximum absolute atomic E-state index is 12.7. The fourth-order valence-electron chi connectivity index (χ4n) is 8.08. The molecule has 0 bridgehead atoms. The molecule has 1 N–H and O–H groups in total. The molecule has 0 amide bonds. The van der Waals surface area contributed by atoms with Crippen molar-refractivity contribution in [2.45, 2.75) is 199 Å². The van der Waals surface area contributed by atoms with Gasteiger partial charge in [0.05, 0.1) is 0 Å². The van der Waals surface area contributed by atoms with Crippen LogP contribution in [0.3, 0.4) is 0 Å². The van der Waals surface area contributed by atoms with Gasteiger partial charge in [-0.05, 0) is 139 Å². The average Bonchev–Trinajstić information content (AvgIpc) is 3.25. The molecule has 1 aliphatic heterocycles. The number of ketones is 1. The molecule has 3 fully saturated rings. The third-order valence-electron chi connectivity index (χ3n) is 12.0. The number of methoxy groups -OCH3 is 1. The van der Waals surface area contributed by atoms with Gasteiger partial charge in [-0.25, -0.2) is 0 Å². The highest BCUT2D eigenvalue weighted by Gasteiger charge is 2.42. The van der Waals surface area contributed by atoms with Gasteiger partial charge in [-0.15, -0.1) is 0 Å². The highest BCUT2D eigenvalue weighted by Crippen LogP contribution is 2.48. The summed E-state index contributed by atoms with van der Waals surface area (Å²) in [6.45, 7) is 37.4. The van der Waals surface area contributed by atoms with Crippen molar-refractivity contribution in [3.05, 3.63) is 94.0 Å². The fraction of sp³-hybridized carbons (Fsp3) is 0.661. The van der Waals surface area contributed by atoms with Gasteiger partial charge in [-0.2, -0.15) is 0 Å². The maximum Gasteiger partial charge on any atom is 0.165 e. The zero-order valence-electron chi connectivity index (χ0n) is 42.9. The van der Waals surface area contributed by atoms with E-state index in [1.165, 1.54) is 67.2 Å². The van der Waals surface area contributed by atoms with Crippen LogP contribution in [0.2, 0.25) is 0 Å². The van der Waals surface area contributed by atoms with Crippen LogP contribution in [0.15, 0.2) is 60.7 Å². The minimum atomic E-state index is -0.310. The zero-order chi connectivity index (χ0) is 46.4. The molecule has 0 spiro atoms. The Morgan fingerprint density at radius 1 is 0.770 bits per heavy atom. The van der Waals surface area contributed by atoms with Gasteiger partial charge in [0.2, 0.25) is 0 Å². The number of aryl methyl sites for hydroxylation is 3. The number of hydrogen-bond acceptors (Lipinski definition) is 5. The van der Waals surface area contributed by atoms with Gasteiger partial charge in [-0.3, -0.25) is 4.79 Å². The van der Waals surface area contributed by atoms with Crippen LogP contribution in [0.25, 0.3) is 0 Å². The maximum atomic E-state index is 12.7. The van der Waals surface area contributed by atoms with Gasteiger partial charge < -0.3 is 19.7 Å². The van der Waals surface area contributed by atoms with Gasteiger partial charge in [0, 0.05) is 49.4 Å². The Balaban J connectivity index is 0.00000185. The van der Waals surface area contributed by atoms with E-state index in [2.05, 4.69) is 106 Å². The molecule has 2 atom stereocenters. The minimum Gasteiger partial charge on any atom is -0.482 e. The Labute approximate surface area is 378 Å². The number of unbranched alkanes of at least 4 members (excludes halogenated alkanes) is 2. The first-order valence-electron chi connectivity index (χ1n) is 25.1. The molecule has 6 rings (SSSR count). The predicted molar refractivity (Wildman–Crippen MR) is 270 cm³/mol. The molecule has 2 saturated carbocycles. The third kappa shape index (κ3) is 18.2. The summed E-state index contributed by atoms with van der Waals surface area (Å²) in [5.41, 5.74) is 8.09. The van der Waals surface area contributed by atoms with E-state index in [4.69, 9.17) is 9.47 Å². The number of anilines is 1. The van der Waals surface area contributed by atoms with Crippen molar-refractivity contribution in [2.75, 3.05) is 38.7 Å². The normalized spacial score (nSPS) is 16.2. The van der Waals surface area contributed by atoms with E-state index in [-0.39, 0.29) is 11.5 Å². The summed E-state index contributed by atoms with van der Waals surface area (Å²) < 4.78 is 12.1. The van der Waals surface area contributed by atoms with E-state index < -0.39 is 0 Å². The van der Waals surface area contributed by atoms with Crippen molar-refractivity contribution < 1.29 is 14.3 Å². The molecular weight excluding hydrogens is 749 g/mol. The number of hydrogen-bond donors (Lipinski definition) is 1. The van der Waals surface area contributed by atoms with Gasteiger partial charge in [0.1, 0.15) is 11.4 Å². The molecule has 1 saturated heterocycles. The van der Waals surface area contributed by atoms with Crippen molar-refractivity contribution >= 4 is 11.5 Å². The van der Waals surface area contributed by atoms with E-state index >= 15 is 0 Å². The van der Waals surface area contributed by atoms with Crippen LogP contribution in [0.4, 0.5) is 5.69 Å². The molecule has 3 aromatic carbocycles. The van der Waals surface area contributed by atoms with E-state index in [1.807, 2.05) is 75.3 Å². The van der Waals surface area contributed by atoms with E-state index in [1.54, 1.807) is 7.11 Å². The number of nitrogens with one attached hydrogen (secondary N) is 1. The van der Waals surface area contributed by atoms with E-state index in [9.17, 15) is 4.79 Å². The molecule has 5 heteroatoms. The number of rotatable bonds is 15. The zero-order valence-corrected chi connectivity index (χ0v) is 42.9. The lowest BCUT2D eigenvalue weighted by molar-refractivity contribution is -0.0176. The number of ether oxygens (including phenoxy) is 2. The molecule has 2 unspecified atom stereocenters. The van der Waals surface area contributed by atoms with Gasteiger partial charge in [0.15, 0.2) is 5.78 Å². The molecule has 348 valence electrons. The topological polar surface area (TPSA) is 50.8 Å². The average molecular weight is 845 g/mol. The Hall–Kier alpha value is -3.15. The summed E-state index contributed by atoms with van der Waals surface area (Å²) in [6, 6.07) is 22.3. The number of para-hydroxylation sites is 1. The molecular formula is C56H96N2O3. The van der Waals surface area contributed by atoms with E-state index in [0.29, 0.717) is 23.7 Å². The van der Waals surface area contributed by atoms with Gasteiger partial charge in [-0.1, -0.05) is 150 Å². The fourth-order valence-corrected chi connectivity index (χ4v) is 8.08. The molecule has 0 radical (unpaired) electrons. The van der Waals surface area contributed by atoms with Crippen LogP contribution in [0, 0.1) is 32.6 Å². The Morgan fingerprint density at radius 3 is 1.85 bits per heavy atom. The molecule has 3 aromatic rings. The Kier molecular flexibility index (Phi) is 31.7. The number of benzene rings is 3. The first-order chi connectivity index (χ1) is 29.6. The van der Waals surface area contributed by atoms with Crippen LogP contribution in [0.5, 0.6) is 5.75 Å². The highest BCUT2D eigenvalue weighted by atomic mass is 16.5. The lowest BCUT2D eigenvalue weighted by Gasteiger charge is -2.44. The number of Topliss-reactive ketones (excluding diaryl/α,β-unsaturated/α-hetero) is 1. The number of nitrogens with zero attached hydrogens (tertiary/aromatic N) is 1. The number of likely N-dealkylation sites (tertiary alicyclic amines) is 1. The SMILES string of the molecule is CC.CC.CC.CC.CC.CCCCCOC.Cc1ccc(C(C)(Oc2c(C)cccc2C2CCN(CC(C)Nc3ccc(C(=O)C4CCC4)cc3C)CC2)C2CCC2)cc1. The van der Waals surface area contributed by atoms with Crippen LogP contribution in [-0.2, 0) is 10.3 Å². The van der Waals surface area contributed by atoms with Crippen LogP contribution < -0.4 is 10.1 Å². The smallest absolute Gasteiger partial charge is 0.165 e. The molecule has 1 heterocycles. The minimum absolute atomic E-state index is 0.248. The summed E-state index contributed by atoms with van der Waals surface area (Å²) >= 11 is 0. The predicted octanol–water partition coefficient (Wildman–Crippen LogP) is 16.3. The van der Waals surface area contributed by atoms with Crippen LogP contribution >= 0.6 is 0 Å². The molecule has 3 aliphatic rings. The Morgan fingerprint density at radius 2 is 1.36 bits per heavy atom. The van der Waals surface area contributed by atoms with E-state index in [0.717, 1.165) is 74.5 Å². The van der Waals surface area contributed by atoms with Crippen LogP contribution in [-0.4, -0.2) is 50.1 Å². The lowest BCUT2D eigenvalue weighted by atomic mass is 9.70. The largest absolute Gasteiger partial charge is 0.482 e. The second kappa shape index (κ2) is 33.4. The van der Waals surface area contributed by atoms with Crippen LogP contribution in [0.1, 0.15) is 205 Å². The lowest BCUT2D eigenvalue weighted by Crippen LogP contribution is -2.42. The second-order valence-electron chi connectivity index (χ2n) is 16.0. The molecule has 0 aromatic heterocycles. The summed E-state index contributed by atoms with van der Waals surface area (Å²) in [5, 5.41) is 3.73. The van der Waals surface area contributed by atoms with Gasteiger partial charge >= 0.3 is 0 Å². The quantitative estimate of drug-likeness (QED) is 0.122. The van der Waals surface area contributed by atoms with Gasteiger partial charge in [0.25, 0.3) is 0 Å². The number of carbonyl (C=O) groups is 1. The van der Waals surface area contributed by atoms with Crippen molar-refractivity contribution in [3.8, 4) is 5.75 Å². The third-order valence-corrected chi connectivity index (χ3v) is 12.0. The number of piperidine rings is 1. The summed E-state index contributed by atoms with van der Waals surface area (Å²) in [6.07, 6.45) is 13.2. The summed E-state index contributed by atoms with van der Waals surface area (Å²) in [4.78, 5) is 15.3. The van der Waals surface area contributed by atoms with Crippen molar-refractivity contribution in [2.24, 2.45) is 11.8 Å². The molecule has 61 heavy (non-hydrogen) atoms. The molecule has 2 aliphatic carbocycles. The monoisotopic (exact) mass is 845 g/mol. The Bertz CT molecular complexity index is 1530. The van der Waals surface area contributed by atoms with Crippen molar-refractivity contribution in [1.29, 1.82) is 0 Å². The highest BCUT2D eigenvalue weighted by molar-refractivity contribution is 5.98. The summed E-state index contributed by atoms with van der Waals surface area (Å²) in [5.74, 6) is 2.75. The second-order valence-corrected chi connectivity index (χ2v) is 16.0. The summed E-state index contributed by atoms with van der Waals surface area (Å²) in [7, 11) is 1.75. The van der Waals surface area contributed by atoms with Crippen molar-refractivity contribution in [3.63, 3.8) is 0 Å². The van der Waals surface area contributed by atoms with Crippen molar-refractivity contribution in [1.82, 2.24) is 4.90 Å².